The van der Waals surface area contributed by atoms with Crippen molar-refractivity contribution < 1.29 is 23.9 Å². The van der Waals surface area contributed by atoms with Crippen LogP contribution in [0, 0.1) is 5.92 Å². The highest BCUT2D eigenvalue weighted by Gasteiger charge is 2.38. The van der Waals surface area contributed by atoms with Gasteiger partial charge in [0.05, 0.1) is 11.6 Å². The summed E-state index contributed by atoms with van der Waals surface area (Å²) >= 11 is 6.15. The standard InChI is InChI=1S/C27H22ClNO5/c1-17(25(31)18-8-4-2-5-9-18)34-27(33)20-14-24(30)29(16-20)23-13-12-21(28)15-22(23)26(32)19-10-6-3-7-11-19/h2-13,15,17,20H,14,16H2,1H3/t17-,20-/m1/s1. The number of carbonyl (C=O) groups is 4. The van der Waals surface area contributed by atoms with Crippen LogP contribution in [0.15, 0.2) is 78.9 Å². The number of benzene rings is 3. The number of rotatable bonds is 7. The molecule has 3 aromatic carbocycles. The number of anilines is 1. The van der Waals surface area contributed by atoms with Crippen LogP contribution in [-0.2, 0) is 14.3 Å². The SMILES string of the molecule is C[C@@H](OC(=O)[C@@H]1CC(=O)N(c2ccc(Cl)cc2C(=O)c2ccccc2)C1)C(=O)c1ccccc1. The molecule has 0 unspecified atom stereocenters. The van der Waals surface area contributed by atoms with E-state index in [0.29, 0.717) is 21.8 Å². The molecule has 0 bridgehead atoms. The predicted molar refractivity (Wildman–Crippen MR) is 128 cm³/mol. The Kier molecular flexibility index (Phi) is 6.89. The van der Waals surface area contributed by atoms with Gasteiger partial charge in [-0.15, -0.1) is 0 Å². The highest BCUT2D eigenvalue weighted by Crippen LogP contribution is 2.32. The summed E-state index contributed by atoms with van der Waals surface area (Å²) in [6.07, 6.45) is -1.06. The molecule has 0 aromatic heterocycles. The summed E-state index contributed by atoms with van der Waals surface area (Å²) in [5.41, 5.74) is 1.56. The maximum Gasteiger partial charge on any atom is 0.312 e. The monoisotopic (exact) mass is 475 g/mol. The molecule has 1 aliphatic rings. The first-order valence-corrected chi connectivity index (χ1v) is 11.2. The van der Waals surface area contributed by atoms with Gasteiger partial charge in [-0.25, -0.2) is 0 Å². The molecule has 0 radical (unpaired) electrons. The minimum atomic E-state index is -0.982. The first kappa shape index (κ1) is 23.4. The van der Waals surface area contributed by atoms with Crippen LogP contribution in [0.1, 0.15) is 39.6 Å². The van der Waals surface area contributed by atoms with Gasteiger partial charge in [-0.1, -0.05) is 72.3 Å². The van der Waals surface area contributed by atoms with Crippen molar-refractivity contribution in [3.05, 3.63) is 101 Å². The van der Waals surface area contributed by atoms with E-state index in [1.165, 1.54) is 17.9 Å². The molecule has 2 atom stereocenters. The van der Waals surface area contributed by atoms with Gasteiger partial charge in [-0.3, -0.25) is 19.2 Å². The number of halogens is 1. The second kappa shape index (κ2) is 10.0. The lowest BCUT2D eigenvalue weighted by atomic mass is 10.0. The number of ether oxygens (including phenoxy) is 1. The molecule has 0 spiro atoms. The van der Waals surface area contributed by atoms with Gasteiger partial charge in [0.15, 0.2) is 11.9 Å². The van der Waals surface area contributed by atoms with E-state index < -0.39 is 18.0 Å². The van der Waals surface area contributed by atoms with Crippen molar-refractivity contribution in [2.24, 2.45) is 5.92 Å². The van der Waals surface area contributed by atoms with Gasteiger partial charge >= 0.3 is 5.97 Å². The number of hydrogen-bond acceptors (Lipinski definition) is 5. The lowest BCUT2D eigenvalue weighted by Gasteiger charge is -2.20. The molecular formula is C27H22ClNO5. The molecule has 172 valence electrons. The second-order valence-electron chi connectivity index (χ2n) is 8.07. The minimum absolute atomic E-state index is 0.0423. The molecule has 6 nitrogen and oxygen atoms in total. The average molecular weight is 476 g/mol. The fourth-order valence-corrected chi connectivity index (χ4v) is 4.10. The van der Waals surface area contributed by atoms with Gasteiger partial charge in [0.25, 0.3) is 0 Å². The smallest absolute Gasteiger partial charge is 0.312 e. The Bertz CT molecular complexity index is 1240. The Morgan fingerprint density at radius 2 is 1.56 bits per heavy atom. The maximum atomic E-state index is 13.1. The quantitative estimate of drug-likeness (QED) is 0.364. The van der Waals surface area contributed by atoms with Crippen LogP contribution < -0.4 is 4.90 Å². The van der Waals surface area contributed by atoms with E-state index in [2.05, 4.69) is 0 Å². The molecule has 4 rings (SSSR count). The van der Waals surface area contributed by atoms with Crippen molar-refractivity contribution in [3.8, 4) is 0 Å². The van der Waals surface area contributed by atoms with E-state index in [9.17, 15) is 19.2 Å². The number of hydrogen-bond donors (Lipinski definition) is 0. The molecule has 1 saturated heterocycles. The number of nitrogens with zero attached hydrogens (tertiary/aromatic N) is 1. The van der Waals surface area contributed by atoms with Crippen LogP contribution in [0.5, 0.6) is 0 Å². The normalized spacial score (nSPS) is 16.2. The third-order valence-corrected chi connectivity index (χ3v) is 5.94. The van der Waals surface area contributed by atoms with Crippen molar-refractivity contribution in [2.45, 2.75) is 19.4 Å². The summed E-state index contributed by atoms with van der Waals surface area (Å²) in [6, 6.07) is 22.0. The largest absolute Gasteiger partial charge is 0.454 e. The third kappa shape index (κ3) is 4.92. The van der Waals surface area contributed by atoms with E-state index in [0.717, 1.165) is 0 Å². The van der Waals surface area contributed by atoms with Crippen LogP contribution in [0.2, 0.25) is 5.02 Å². The highest BCUT2D eigenvalue weighted by molar-refractivity contribution is 6.31. The first-order valence-electron chi connectivity index (χ1n) is 10.8. The van der Waals surface area contributed by atoms with Crippen molar-refractivity contribution in [2.75, 3.05) is 11.4 Å². The Balaban J connectivity index is 1.51. The van der Waals surface area contributed by atoms with E-state index in [4.69, 9.17) is 16.3 Å². The Morgan fingerprint density at radius 3 is 2.21 bits per heavy atom. The second-order valence-corrected chi connectivity index (χ2v) is 8.51. The Labute approximate surface area is 202 Å². The van der Waals surface area contributed by atoms with Crippen LogP contribution >= 0.6 is 11.6 Å². The van der Waals surface area contributed by atoms with Gasteiger partial charge in [0, 0.05) is 34.7 Å². The molecule has 1 amide bonds. The molecule has 0 N–H and O–H groups in total. The summed E-state index contributed by atoms with van der Waals surface area (Å²) in [5.74, 6) is -2.29. The molecule has 1 aliphatic heterocycles. The third-order valence-electron chi connectivity index (χ3n) is 5.71. The molecule has 3 aromatic rings. The zero-order valence-corrected chi connectivity index (χ0v) is 19.2. The summed E-state index contributed by atoms with van der Waals surface area (Å²) < 4.78 is 5.39. The zero-order valence-electron chi connectivity index (χ0n) is 18.4. The van der Waals surface area contributed by atoms with E-state index in [1.807, 2.05) is 0 Å². The van der Waals surface area contributed by atoms with Crippen LogP contribution in [0.4, 0.5) is 5.69 Å². The van der Waals surface area contributed by atoms with Crippen LogP contribution in [0.25, 0.3) is 0 Å². The summed E-state index contributed by atoms with van der Waals surface area (Å²) in [5, 5.41) is 0.360. The molecule has 7 heteroatoms. The predicted octanol–water partition coefficient (Wildman–Crippen LogP) is 4.74. The molecule has 34 heavy (non-hydrogen) atoms. The fraction of sp³-hybridized carbons (Fsp3) is 0.185. The zero-order chi connectivity index (χ0) is 24.2. The van der Waals surface area contributed by atoms with E-state index in [1.54, 1.807) is 72.8 Å². The van der Waals surface area contributed by atoms with E-state index >= 15 is 0 Å². The lowest BCUT2D eigenvalue weighted by Crippen LogP contribution is -2.31. The van der Waals surface area contributed by atoms with Crippen LogP contribution in [-0.4, -0.2) is 36.1 Å². The van der Waals surface area contributed by atoms with Crippen molar-refractivity contribution in [1.29, 1.82) is 0 Å². The van der Waals surface area contributed by atoms with E-state index in [-0.39, 0.29) is 36.0 Å². The van der Waals surface area contributed by atoms with Gasteiger partial charge in [0.1, 0.15) is 0 Å². The number of carbonyl (C=O) groups excluding carboxylic acids is 4. The summed E-state index contributed by atoms with van der Waals surface area (Å²) in [6.45, 7) is 1.55. The van der Waals surface area contributed by atoms with Crippen molar-refractivity contribution in [1.82, 2.24) is 0 Å². The molecule has 1 heterocycles. The lowest BCUT2D eigenvalue weighted by molar-refractivity contribution is -0.151. The fourth-order valence-electron chi connectivity index (χ4n) is 3.93. The van der Waals surface area contributed by atoms with Gasteiger partial charge in [-0.05, 0) is 25.1 Å². The van der Waals surface area contributed by atoms with Crippen LogP contribution in [0.3, 0.4) is 0 Å². The van der Waals surface area contributed by atoms with Gasteiger partial charge in [0.2, 0.25) is 11.7 Å². The number of Topliss-reactive ketones (excluding diaryl/α,β-unsaturated/α-hetero) is 1. The van der Waals surface area contributed by atoms with Crippen molar-refractivity contribution in [3.63, 3.8) is 0 Å². The Morgan fingerprint density at radius 1 is 0.941 bits per heavy atom. The maximum absolute atomic E-state index is 13.1. The first-order chi connectivity index (χ1) is 16.3. The average Bonchev–Trinajstić information content (AvgIpc) is 3.25. The number of amides is 1. The van der Waals surface area contributed by atoms with Gasteiger partial charge < -0.3 is 9.64 Å². The Hall–Kier alpha value is -3.77. The summed E-state index contributed by atoms with van der Waals surface area (Å²) in [4.78, 5) is 52.7. The topological polar surface area (TPSA) is 80.8 Å². The number of ketones is 2. The molecule has 0 saturated carbocycles. The molecular weight excluding hydrogens is 454 g/mol. The minimum Gasteiger partial charge on any atom is -0.454 e. The molecule has 0 aliphatic carbocycles. The number of esters is 1. The van der Waals surface area contributed by atoms with Gasteiger partial charge in [-0.2, -0.15) is 0 Å². The van der Waals surface area contributed by atoms with Crippen molar-refractivity contribution >= 4 is 40.7 Å². The highest BCUT2D eigenvalue weighted by atomic mass is 35.5. The molecule has 1 fully saturated rings. The summed E-state index contributed by atoms with van der Waals surface area (Å²) in [7, 11) is 0.